The molecule has 108 valence electrons. The maximum Gasteiger partial charge on any atom is 0.214 e. The van der Waals surface area contributed by atoms with Crippen molar-refractivity contribution in [3.05, 3.63) is 0 Å². The van der Waals surface area contributed by atoms with E-state index in [1.165, 1.54) is 4.31 Å². The molecule has 0 aromatic heterocycles. The Bertz CT molecular complexity index is 370. The standard InChI is InChI=1S/C12H26N2O2S2/c1-10(2)8-14(7-6-11(13)17)18(15,16)9-12(3,4)5/h10H,6-9H2,1-5H3,(H2,13,17). The maximum absolute atomic E-state index is 12.3. The highest BCUT2D eigenvalue weighted by Crippen LogP contribution is 2.19. The molecule has 0 fully saturated rings. The Labute approximate surface area is 117 Å². The highest BCUT2D eigenvalue weighted by atomic mass is 32.2. The molecule has 0 saturated heterocycles. The van der Waals surface area contributed by atoms with Crippen molar-refractivity contribution in [1.29, 1.82) is 0 Å². The third-order valence-electron chi connectivity index (χ3n) is 2.19. The molecular weight excluding hydrogens is 268 g/mol. The molecule has 0 saturated carbocycles. The summed E-state index contributed by atoms with van der Waals surface area (Å²) in [6, 6.07) is 0. The Morgan fingerprint density at radius 3 is 2.17 bits per heavy atom. The van der Waals surface area contributed by atoms with Crippen LogP contribution in [-0.4, -0.2) is 36.6 Å². The van der Waals surface area contributed by atoms with E-state index in [9.17, 15) is 8.42 Å². The summed E-state index contributed by atoms with van der Waals surface area (Å²) in [6.45, 7) is 10.7. The summed E-state index contributed by atoms with van der Waals surface area (Å²) in [4.78, 5) is 0.356. The van der Waals surface area contributed by atoms with Gasteiger partial charge in [-0.15, -0.1) is 0 Å². The molecule has 6 heteroatoms. The molecule has 0 radical (unpaired) electrons. The van der Waals surface area contributed by atoms with Gasteiger partial charge in [-0.05, 0) is 11.3 Å². The highest BCUT2D eigenvalue weighted by molar-refractivity contribution is 7.89. The largest absolute Gasteiger partial charge is 0.393 e. The molecule has 0 spiro atoms. The van der Waals surface area contributed by atoms with Crippen molar-refractivity contribution < 1.29 is 8.42 Å². The Morgan fingerprint density at radius 1 is 1.33 bits per heavy atom. The van der Waals surface area contributed by atoms with Crippen LogP contribution in [0.1, 0.15) is 41.0 Å². The molecule has 0 bridgehead atoms. The van der Waals surface area contributed by atoms with Crippen LogP contribution in [0.2, 0.25) is 0 Å². The number of nitrogens with two attached hydrogens (primary N) is 1. The van der Waals surface area contributed by atoms with Gasteiger partial charge in [-0.3, -0.25) is 0 Å². The van der Waals surface area contributed by atoms with Crippen molar-refractivity contribution in [2.45, 2.75) is 41.0 Å². The summed E-state index contributed by atoms with van der Waals surface area (Å²) in [5.74, 6) is 0.426. The first-order valence-corrected chi connectivity index (χ1v) is 8.22. The van der Waals surface area contributed by atoms with Crippen LogP contribution in [0.3, 0.4) is 0 Å². The lowest BCUT2D eigenvalue weighted by molar-refractivity contribution is 0.361. The van der Waals surface area contributed by atoms with E-state index in [0.717, 1.165) is 0 Å². The number of hydrogen-bond donors (Lipinski definition) is 1. The number of sulfonamides is 1. The lowest BCUT2D eigenvalue weighted by Crippen LogP contribution is -2.40. The molecule has 18 heavy (non-hydrogen) atoms. The molecule has 0 aromatic carbocycles. The molecule has 4 nitrogen and oxygen atoms in total. The summed E-state index contributed by atoms with van der Waals surface area (Å²) in [7, 11) is -3.25. The van der Waals surface area contributed by atoms with Crippen LogP contribution in [0.15, 0.2) is 0 Å². The van der Waals surface area contributed by atoms with Crippen molar-refractivity contribution in [1.82, 2.24) is 4.31 Å². The Kier molecular flexibility index (Phi) is 6.74. The second kappa shape index (κ2) is 6.82. The van der Waals surface area contributed by atoms with Gasteiger partial charge in [-0.2, -0.15) is 0 Å². The van der Waals surface area contributed by atoms with Crippen molar-refractivity contribution in [2.24, 2.45) is 17.1 Å². The van der Waals surface area contributed by atoms with Crippen molar-refractivity contribution in [2.75, 3.05) is 18.8 Å². The normalized spacial score (nSPS) is 13.3. The fourth-order valence-corrected chi connectivity index (χ4v) is 3.89. The Hall–Kier alpha value is -0.200. The van der Waals surface area contributed by atoms with Gasteiger partial charge in [-0.25, -0.2) is 12.7 Å². The first-order chi connectivity index (χ1) is 7.94. The zero-order valence-corrected chi connectivity index (χ0v) is 13.7. The van der Waals surface area contributed by atoms with E-state index >= 15 is 0 Å². The van der Waals surface area contributed by atoms with Crippen LogP contribution >= 0.6 is 12.2 Å². The van der Waals surface area contributed by atoms with Gasteiger partial charge in [-0.1, -0.05) is 46.8 Å². The van der Waals surface area contributed by atoms with Crippen molar-refractivity contribution >= 4 is 27.2 Å². The molecule has 0 aromatic rings. The quantitative estimate of drug-likeness (QED) is 0.729. The smallest absolute Gasteiger partial charge is 0.214 e. The summed E-state index contributed by atoms with van der Waals surface area (Å²) >= 11 is 4.82. The van der Waals surface area contributed by atoms with Crippen LogP contribution in [0, 0.1) is 11.3 Å². The number of hydrogen-bond acceptors (Lipinski definition) is 3. The minimum atomic E-state index is -3.25. The molecule has 0 rings (SSSR count). The second-order valence-electron chi connectivity index (χ2n) is 6.29. The fourth-order valence-electron chi connectivity index (χ4n) is 1.62. The SMILES string of the molecule is CC(C)CN(CCC(N)=S)S(=O)(=O)CC(C)(C)C. The molecular formula is C12H26N2O2S2. The topological polar surface area (TPSA) is 63.4 Å². The van der Waals surface area contributed by atoms with E-state index in [-0.39, 0.29) is 17.1 Å². The van der Waals surface area contributed by atoms with Crippen LogP contribution in [-0.2, 0) is 10.0 Å². The summed E-state index contributed by atoms with van der Waals surface area (Å²) in [6.07, 6.45) is 0.436. The first kappa shape index (κ1) is 17.8. The van der Waals surface area contributed by atoms with Crippen LogP contribution < -0.4 is 5.73 Å². The zero-order valence-electron chi connectivity index (χ0n) is 12.1. The van der Waals surface area contributed by atoms with Gasteiger partial charge in [0.15, 0.2) is 0 Å². The van der Waals surface area contributed by atoms with Gasteiger partial charge in [0.05, 0.1) is 10.7 Å². The highest BCUT2D eigenvalue weighted by Gasteiger charge is 2.28. The van der Waals surface area contributed by atoms with Gasteiger partial charge in [0, 0.05) is 19.5 Å². The molecule has 0 unspecified atom stereocenters. The molecule has 0 atom stereocenters. The summed E-state index contributed by atoms with van der Waals surface area (Å²) < 4.78 is 26.2. The Balaban J connectivity index is 4.87. The summed E-state index contributed by atoms with van der Waals surface area (Å²) in [5.41, 5.74) is 5.20. The minimum Gasteiger partial charge on any atom is -0.393 e. The Morgan fingerprint density at radius 2 is 1.83 bits per heavy atom. The third kappa shape index (κ3) is 8.00. The predicted octanol–water partition coefficient (Wildman–Crippen LogP) is 2.00. The van der Waals surface area contributed by atoms with E-state index in [2.05, 4.69) is 0 Å². The zero-order chi connectivity index (χ0) is 14.6. The van der Waals surface area contributed by atoms with Gasteiger partial charge in [0.1, 0.15) is 0 Å². The van der Waals surface area contributed by atoms with Crippen molar-refractivity contribution in [3.63, 3.8) is 0 Å². The average Bonchev–Trinajstić information content (AvgIpc) is 2.06. The van der Waals surface area contributed by atoms with Crippen molar-refractivity contribution in [3.8, 4) is 0 Å². The lowest BCUT2D eigenvalue weighted by Gasteiger charge is -2.27. The van der Waals surface area contributed by atoms with Crippen LogP contribution in [0.4, 0.5) is 0 Å². The second-order valence-corrected chi connectivity index (χ2v) is 8.78. The molecule has 0 aliphatic heterocycles. The van der Waals surface area contributed by atoms with Gasteiger partial charge in [0.25, 0.3) is 0 Å². The van der Waals surface area contributed by atoms with Crippen LogP contribution in [0.25, 0.3) is 0 Å². The number of rotatable bonds is 7. The molecule has 0 aliphatic carbocycles. The van der Waals surface area contributed by atoms with Gasteiger partial charge < -0.3 is 5.73 Å². The monoisotopic (exact) mass is 294 g/mol. The average molecular weight is 294 g/mol. The fraction of sp³-hybridized carbons (Fsp3) is 0.917. The van der Waals surface area contributed by atoms with E-state index in [4.69, 9.17) is 18.0 Å². The lowest BCUT2D eigenvalue weighted by atomic mass is 10.0. The third-order valence-corrected chi connectivity index (χ3v) is 4.74. The van der Waals surface area contributed by atoms with E-state index in [0.29, 0.717) is 24.5 Å². The number of thiocarbonyl (C=S) groups is 1. The van der Waals surface area contributed by atoms with Crippen LogP contribution in [0.5, 0.6) is 0 Å². The molecule has 0 heterocycles. The molecule has 0 amide bonds. The first-order valence-electron chi connectivity index (χ1n) is 6.20. The number of nitrogens with zero attached hydrogens (tertiary/aromatic N) is 1. The van der Waals surface area contributed by atoms with Gasteiger partial charge in [0.2, 0.25) is 10.0 Å². The molecule has 2 N–H and O–H groups in total. The predicted molar refractivity (Wildman–Crippen MR) is 81.1 cm³/mol. The summed E-state index contributed by atoms with van der Waals surface area (Å²) in [5, 5.41) is 0. The minimum absolute atomic E-state index is 0.143. The van der Waals surface area contributed by atoms with E-state index < -0.39 is 10.0 Å². The maximum atomic E-state index is 12.3. The molecule has 0 aliphatic rings. The van der Waals surface area contributed by atoms with Gasteiger partial charge >= 0.3 is 0 Å². The van der Waals surface area contributed by atoms with E-state index in [1.807, 2.05) is 34.6 Å². The van der Waals surface area contributed by atoms with E-state index in [1.54, 1.807) is 0 Å².